The molecule has 24 heavy (non-hydrogen) atoms. The van der Waals surface area contributed by atoms with Crippen LogP contribution < -0.4 is 4.90 Å². The van der Waals surface area contributed by atoms with Crippen LogP contribution in [0.2, 0.25) is 0 Å². The number of para-hydroxylation sites is 1. The van der Waals surface area contributed by atoms with Crippen LogP contribution in [0.1, 0.15) is 18.9 Å². The Hall–Kier alpha value is -2.20. The molecule has 122 valence electrons. The lowest BCUT2D eigenvalue weighted by Crippen LogP contribution is -2.34. The van der Waals surface area contributed by atoms with E-state index in [0.717, 1.165) is 28.2 Å². The molecule has 1 amide bonds. The van der Waals surface area contributed by atoms with Crippen LogP contribution in [0, 0.1) is 11.8 Å². The Bertz CT molecular complexity index is 825. The lowest BCUT2D eigenvalue weighted by atomic mass is 10.1. The maximum absolute atomic E-state index is 12.9. The normalized spacial score (nSPS) is 19.4. The number of amides is 1. The zero-order chi connectivity index (χ0) is 16.5. The molecule has 2 unspecified atom stereocenters. The van der Waals surface area contributed by atoms with Crippen LogP contribution in [0.15, 0.2) is 54.6 Å². The Labute approximate surface area is 146 Å². The maximum Gasteiger partial charge on any atom is 0.232 e. The van der Waals surface area contributed by atoms with E-state index in [0.29, 0.717) is 12.5 Å². The first-order chi connectivity index (χ1) is 11.7. The molecule has 1 aromatic heterocycles. The van der Waals surface area contributed by atoms with Crippen LogP contribution in [0.5, 0.6) is 0 Å². The van der Waals surface area contributed by atoms with Gasteiger partial charge < -0.3 is 0 Å². The van der Waals surface area contributed by atoms with Gasteiger partial charge in [-0.2, -0.15) is 0 Å². The summed E-state index contributed by atoms with van der Waals surface area (Å²) >= 11 is 1.61. The Morgan fingerprint density at radius 2 is 1.88 bits per heavy atom. The number of hydrogen-bond acceptors (Lipinski definition) is 3. The van der Waals surface area contributed by atoms with E-state index in [9.17, 15) is 4.79 Å². The van der Waals surface area contributed by atoms with E-state index in [2.05, 4.69) is 25.1 Å². The van der Waals surface area contributed by atoms with Gasteiger partial charge in [0.2, 0.25) is 5.91 Å². The number of carbonyl (C=O) groups excluding carboxylic acids is 1. The van der Waals surface area contributed by atoms with Gasteiger partial charge in [-0.1, -0.05) is 60.7 Å². The van der Waals surface area contributed by atoms with Gasteiger partial charge in [0.15, 0.2) is 5.13 Å². The second kappa shape index (κ2) is 6.36. The summed E-state index contributed by atoms with van der Waals surface area (Å²) in [6.07, 6.45) is 1.86. The van der Waals surface area contributed by atoms with E-state index >= 15 is 0 Å². The monoisotopic (exact) mass is 336 g/mol. The number of nitrogens with zero attached hydrogens (tertiary/aromatic N) is 2. The summed E-state index contributed by atoms with van der Waals surface area (Å²) in [5.74, 6) is 0.913. The molecule has 4 rings (SSSR count). The van der Waals surface area contributed by atoms with Crippen molar-refractivity contribution in [1.29, 1.82) is 0 Å². The summed E-state index contributed by atoms with van der Waals surface area (Å²) in [7, 11) is 0. The third-order valence-corrected chi connectivity index (χ3v) is 5.73. The summed E-state index contributed by atoms with van der Waals surface area (Å²) in [5, 5.41) is 0.830. The third-order valence-electron chi connectivity index (χ3n) is 4.67. The Balaban J connectivity index is 1.61. The Kier molecular flexibility index (Phi) is 4.07. The van der Waals surface area contributed by atoms with Crippen LogP contribution in [0.25, 0.3) is 10.2 Å². The van der Waals surface area contributed by atoms with Gasteiger partial charge in [0.1, 0.15) is 0 Å². The average molecular weight is 336 g/mol. The molecule has 0 spiro atoms. The number of fused-ring (bicyclic) bond motifs is 1. The van der Waals surface area contributed by atoms with Crippen molar-refractivity contribution in [2.24, 2.45) is 11.8 Å². The lowest BCUT2D eigenvalue weighted by Gasteiger charge is -2.20. The van der Waals surface area contributed by atoms with Crippen molar-refractivity contribution in [3.8, 4) is 0 Å². The van der Waals surface area contributed by atoms with Gasteiger partial charge in [-0.25, -0.2) is 4.98 Å². The summed E-state index contributed by atoms with van der Waals surface area (Å²) in [5.41, 5.74) is 2.22. The molecule has 0 aliphatic heterocycles. The van der Waals surface area contributed by atoms with Crippen molar-refractivity contribution in [1.82, 2.24) is 4.98 Å². The molecule has 1 aliphatic carbocycles. The topological polar surface area (TPSA) is 33.2 Å². The van der Waals surface area contributed by atoms with Gasteiger partial charge in [0, 0.05) is 12.5 Å². The van der Waals surface area contributed by atoms with Crippen LogP contribution >= 0.6 is 11.3 Å². The van der Waals surface area contributed by atoms with Crippen LogP contribution in [0.4, 0.5) is 5.13 Å². The minimum absolute atomic E-state index is 0.174. The van der Waals surface area contributed by atoms with Gasteiger partial charge in [0.25, 0.3) is 0 Å². The molecule has 0 bridgehead atoms. The van der Waals surface area contributed by atoms with Gasteiger partial charge in [0.05, 0.1) is 10.2 Å². The maximum atomic E-state index is 12.9. The zero-order valence-electron chi connectivity index (χ0n) is 13.7. The molecule has 1 aliphatic rings. The third kappa shape index (κ3) is 3.06. The van der Waals surface area contributed by atoms with Gasteiger partial charge >= 0.3 is 0 Å². The van der Waals surface area contributed by atoms with Crippen molar-refractivity contribution in [2.75, 3.05) is 11.4 Å². The Morgan fingerprint density at radius 3 is 2.58 bits per heavy atom. The van der Waals surface area contributed by atoms with E-state index < -0.39 is 0 Å². The number of carbonyl (C=O) groups is 1. The van der Waals surface area contributed by atoms with E-state index in [1.54, 1.807) is 11.3 Å². The molecule has 2 atom stereocenters. The highest BCUT2D eigenvalue weighted by Crippen LogP contribution is 2.41. The molecule has 0 saturated heterocycles. The second-order valence-electron chi connectivity index (χ2n) is 6.51. The molecule has 4 heteroatoms. The first-order valence-corrected chi connectivity index (χ1v) is 9.25. The van der Waals surface area contributed by atoms with Crippen molar-refractivity contribution in [2.45, 2.75) is 19.8 Å². The summed E-state index contributed by atoms with van der Waals surface area (Å²) in [6.45, 7) is 2.84. The van der Waals surface area contributed by atoms with Gasteiger partial charge in [-0.05, 0) is 36.5 Å². The summed E-state index contributed by atoms with van der Waals surface area (Å²) in [4.78, 5) is 19.5. The highest BCUT2D eigenvalue weighted by molar-refractivity contribution is 7.22. The fourth-order valence-corrected chi connectivity index (χ4v) is 4.02. The quantitative estimate of drug-likeness (QED) is 0.686. The van der Waals surface area contributed by atoms with E-state index in [4.69, 9.17) is 4.98 Å². The Morgan fingerprint density at radius 1 is 1.17 bits per heavy atom. The molecule has 1 heterocycles. The summed E-state index contributed by atoms with van der Waals surface area (Å²) in [6, 6.07) is 18.4. The lowest BCUT2D eigenvalue weighted by molar-refractivity contribution is -0.120. The molecule has 0 N–H and O–H groups in total. The summed E-state index contributed by atoms with van der Waals surface area (Å²) < 4.78 is 1.13. The predicted octanol–water partition coefficient (Wildman–Crippen LogP) is 4.53. The predicted molar refractivity (Wildman–Crippen MR) is 99.4 cm³/mol. The van der Waals surface area contributed by atoms with E-state index in [1.807, 2.05) is 41.3 Å². The number of rotatable bonds is 5. The average Bonchev–Trinajstić information content (AvgIpc) is 3.19. The van der Waals surface area contributed by atoms with E-state index in [1.165, 1.54) is 5.56 Å². The molecule has 2 aromatic carbocycles. The number of thiazole rings is 1. The van der Waals surface area contributed by atoms with Crippen molar-refractivity contribution >= 4 is 32.6 Å². The first kappa shape index (κ1) is 15.3. The standard InChI is InChI=1S/C20H20N2OS/c1-14-13-16(14)19(23)22(12-11-15-7-3-2-4-8-15)20-21-17-9-5-6-10-18(17)24-20/h2-10,14,16H,11-13H2,1H3. The van der Waals surface area contributed by atoms with Gasteiger partial charge in [-0.3, -0.25) is 9.69 Å². The number of hydrogen-bond donors (Lipinski definition) is 0. The van der Waals surface area contributed by atoms with E-state index in [-0.39, 0.29) is 11.8 Å². The fraction of sp³-hybridized carbons (Fsp3) is 0.300. The van der Waals surface area contributed by atoms with Crippen molar-refractivity contribution in [3.63, 3.8) is 0 Å². The highest BCUT2D eigenvalue weighted by Gasteiger charge is 2.42. The van der Waals surface area contributed by atoms with Crippen LogP contribution in [-0.4, -0.2) is 17.4 Å². The molecule has 1 fully saturated rings. The zero-order valence-corrected chi connectivity index (χ0v) is 14.5. The molecule has 0 radical (unpaired) electrons. The number of benzene rings is 2. The molecular formula is C20H20N2OS. The number of anilines is 1. The SMILES string of the molecule is CC1CC1C(=O)N(CCc1ccccc1)c1nc2ccccc2s1. The van der Waals surface area contributed by atoms with Crippen molar-refractivity contribution in [3.05, 3.63) is 60.2 Å². The van der Waals surface area contributed by atoms with Crippen LogP contribution in [-0.2, 0) is 11.2 Å². The molecular weight excluding hydrogens is 316 g/mol. The molecule has 1 saturated carbocycles. The fourth-order valence-electron chi connectivity index (χ4n) is 3.03. The largest absolute Gasteiger partial charge is 0.288 e. The smallest absolute Gasteiger partial charge is 0.232 e. The highest BCUT2D eigenvalue weighted by atomic mass is 32.1. The minimum atomic E-state index is 0.174. The second-order valence-corrected chi connectivity index (χ2v) is 7.52. The van der Waals surface area contributed by atoms with Crippen molar-refractivity contribution < 1.29 is 4.79 Å². The van der Waals surface area contributed by atoms with Crippen LogP contribution in [0.3, 0.4) is 0 Å². The molecule has 3 aromatic rings. The number of aromatic nitrogens is 1. The molecule has 3 nitrogen and oxygen atoms in total. The minimum Gasteiger partial charge on any atom is -0.288 e. The first-order valence-electron chi connectivity index (χ1n) is 8.43. The van der Waals surface area contributed by atoms with Gasteiger partial charge in [-0.15, -0.1) is 0 Å².